The predicted molar refractivity (Wildman–Crippen MR) is 182 cm³/mol. The SMILES string of the molecule is CCC(C)n1ncn(-c2ccc(N3CCN(c4ccc(OCC5COC(Cn6cccn6)(C6CCCCC6)O5)cc4)CC3)cc2)c1=O. The zero-order chi connectivity index (χ0) is 32.2. The summed E-state index contributed by atoms with van der Waals surface area (Å²) in [6, 6.07) is 18.6. The van der Waals surface area contributed by atoms with Crippen molar-refractivity contribution in [2.24, 2.45) is 5.92 Å². The van der Waals surface area contributed by atoms with Crippen molar-refractivity contribution in [3.05, 3.63) is 83.8 Å². The molecule has 1 saturated carbocycles. The Morgan fingerprint density at radius 2 is 1.57 bits per heavy atom. The molecule has 47 heavy (non-hydrogen) atoms. The smallest absolute Gasteiger partial charge is 0.350 e. The molecule has 3 unspecified atom stereocenters. The summed E-state index contributed by atoms with van der Waals surface area (Å²) in [5.74, 6) is 0.582. The lowest BCUT2D eigenvalue weighted by atomic mass is 9.83. The third-order valence-corrected chi connectivity index (χ3v) is 10.2. The van der Waals surface area contributed by atoms with E-state index in [-0.39, 0.29) is 17.8 Å². The van der Waals surface area contributed by atoms with Gasteiger partial charge in [-0.2, -0.15) is 10.2 Å². The van der Waals surface area contributed by atoms with E-state index >= 15 is 0 Å². The van der Waals surface area contributed by atoms with Crippen molar-refractivity contribution >= 4 is 11.4 Å². The van der Waals surface area contributed by atoms with Crippen LogP contribution in [0.3, 0.4) is 0 Å². The molecule has 0 N–H and O–H groups in total. The highest BCUT2D eigenvalue weighted by Crippen LogP contribution is 2.41. The van der Waals surface area contributed by atoms with E-state index in [1.807, 2.05) is 42.2 Å². The van der Waals surface area contributed by atoms with Gasteiger partial charge in [-0.15, -0.1) is 0 Å². The van der Waals surface area contributed by atoms with E-state index in [9.17, 15) is 4.79 Å². The van der Waals surface area contributed by atoms with Crippen LogP contribution in [0.1, 0.15) is 58.4 Å². The quantitative estimate of drug-likeness (QED) is 0.218. The molecule has 2 aliphatic heterocycles. The van der Waals surface area contributed by atoms with Crippen LogP contribution in [0.4, 0.5) is 11.4 Å². The van der Waals surface area contributed by atoms with Crippen molar-refractivity contribution in [2.75, 3.05) is 49.2 Å². The second kappa shape index (κ2) is 13.9. The monoisotopic (exact) mass is 641 g/mol. The molecule has 0 bridgehead atoms. The van der Waals surface area contributed by atoms with Gasteiger partial charge in [0.05, 0.1) is 24.9 Å². The predicted octanol–water partition coefficient (Wildman–Crippen LogP) is 5.30. The van der Waals surface area contributed by atoms with Gasteiger partial charge in [-0.3, -0.25) is 4.68 Å². The van der Waals surface area contributed by atoms with Gasteiger partial charge in [0.1, 0.15) is 24.8 Å². The molecule has 0 spiro atoms. The zero-order valence-corrected chi connectivity index (χ0v) is 27.6. The van der Waals surface area contributed by atoms with E-state index in [1.165, 1.54) is 24.9 Å². The molecule has 2 aromatic heterocycles. The molecule has 2 aromatic carbocycles. The van der Waals surface area contributed by atoms with E-state index < -0.39 is 5.79 Å². The minimum absolute atomic E-state index is 0.0790. The molecule has 3 aliphatic rings. The molecule has 250 valence electrons. The minimum Gasteiger partial charge on any atom is -0.491 e. The standard InChI is InChI=1S/C36H47N7O4/c1-3-28(2)43-35(44)42(27-38-43)32-12-10-30(11-13-32)39-20-22-40(23-21-39)31-14-16-33(17-15-31)45-24-34-25-46-36(47-34,26-41-19-7-18-37-41)29-8-5-4-6-9-29/h7,10-19,27-29,34H,3-6,8-9,20-26H2,1-2H3. The summed E-state index contributed by atoms with van der Waals surface area (Å²) in [6.07, 6.45) is 12.2. The van der Waals surface area contributed by atoms with Gasteiger partial charge in [-0.1, -0.05) is 26.2 Å². The number of aromatic nitrogens is 5. The van der Waals surface area contributed by atoms with Crippen LogP contribution in [0.15, 0.2) is 78.1 Å². The summed E-state index contributed by atoms with van der Waals surface area (Å²) in [5, 5.41) is 8.74. The van der Waals surface area contributed by atoms with Crippen molar-refractivity contribution in [2.45, 2.75) is 76.9 Å². The molecule has 4 heterocycles. The maximum Gasteiger partial charge on any atom is 0.350 e. The van der Waals surface area contributed by atoms with Crippen LogP contribution in [0, 0.1) is 5.92 Å². The van der Waals surface area contributed by atoms with E-state index in [0.717, 1.165) is 62.6 Å². The molecule has 7 rings (SSSR count). The van der Waals surface area contributed by atoms with E-state index in [1.54, 1.807) is 15.6 Å². The fourth-order valence-corrected chi connectivity index (χ4v) is 7.21. The van der Waals surface area contributed by atoms with Crippen molar-refractivity contribution in [3.8, 4) is 11.4 Å². The van der Waals surface area contributed by atoms with E-state index in [2.05, 4.69) is 63.3 Å². The van der Waals surface area contributed by atoms with Crippen LogP contribution in [0.25, 0.3) is 5.69 Å². The fraction of sp³-hybridized carbons (Fsp3) is 0.528. The van der Waals surface area contributed by atoms with Crippen LogP contribution in [-0.2, 0) is 16.0 Å². The summed E-state index contributed by atoms with van der Waals surface area (Å²) in [5.41, 5.74) is 3.09. The van der Waals surface area contributed by atoms with Crippen LogP contribution < -0.4 is 20.2 Å². The summed E-state index contributed by atoms with van der Waals surface area (Å²) >= 11 is 0. The van der Waals surface area contributed by atoms with Crippen LogP contribution in [0.2, 0.25) is 0 Å². The van der Waals surface area contributed by atoms with E-state index in [0.29, 0.717) is 25.7 Å². The zero-order valence-electron chi connectivity index (χ0n) is 27.6. The van der Waals surface area contributed by atoms with Gasteiger partial charge in [0.2, 0.25) is 0 Å². The Hall–Kier alpha value is -4.09. The Balaban J connectivity index is 0.902. The topological polar surface area (TPSA) is 91.8 Å². The second-order valence-electron chi connectivity index (χ2n) is 13.2. The Kier molecular flexibility index (Phi) is 9.35. The Labute approximate surface area is 276 Å². The summed E-state index contributed by atoms with van der Waals surface area (Å²) in [7, 11) is 0. The molecule has 0 amide bonds. The molecule has 3 fully saturated rings. The summed E-state index contributed by atoms with van der Waals surface area (Å²) < 4.78 is 24.4. The molecular weight excluding hydrogens is 594 g/mol. The molecule has 3 atom stereocenters. The van der Waals surface area contributed by atoms with Crippen molar-refractivity contribution in [1.82, 2.24) is 24.1 Å². The van der Waals surface area contributed by atoms with Gasteiger partial charge < -0.3 is 24.0 Å². The highest BCUT2D eigenvalue weighted by molar-refractivity contribution is 5.54. The van der Waals surface area contributed by atoms with Gasteiger partial charge in [0.15, 0.2) is 5.79 Å². The van der Waals surface area contributed by atoms with Crippen LogP contribution in [-0.4, -0.2) is 75.4 Å². The lowest BCUT2D eigenvalue weighted by molar-refractivity contribution is -0.223. The summed E-state index contributed by atoms with van der Waals surface area (Å²) in [6.45, 7) is 9.36. The first-order chi connectivity index (χ1) is 23.0. The summed E-state index contributed by atoms with van der Waals surface area (Å²) in [4.78, 5) is 17.6. The van der Waals surface area contributed by atoms with Crippen molar-refractivity contribution < 1.29 is 14.2 Å². The van der Waals surface area contributed by atoms with Crippen LogP contribution >= 0.6 is 0 Å². The van der Waals surface area contributed by atoms with Gasteiger partial charge in [0.25, 0.3) is 0 Å². The lowest BCUT2D eigenvalue weighted by Gasteiger charge is -2.38. The van der Waals surface area contributed by atoms with Gasteiger partial charge in [0, 0.05) is 55.9 Å². The highest BCUT2D eigenvalue weighted by atomic mass is 16.8. The second-order valence-corrected chi connectivity index (χ2v) is 13.2. The number of benzene rings is 2. The Bertz CT molecular complexity index is 1620. The third kappa shape index (κ3) is 6.82. The maximum absolute atomic E-state index is 12.8. The molecular formula is C36H47N7O4. The number of hydrogen-bond donors (Lipinski definition) is 0. The van der Waals surface area contributed by atoms with Crippen molar-refractivity contribution in [1.29, 1.82) is 0 Å². The van der Waals surface area contributed by atoms with Crippen molar-refractivity contribution in [3.63, 3.8) is 0 Å². The van der Waals surface area contributed by atoms with Gasteiger partial charge in [-0.05, 0) is 80.8 Å². The number of rotatable bonds is 11. The minimum atomic E-state index is -0.634. The van der Waals surface area contributed by atoms with Crippen LogP contribution in [0.5, 0.6) is 5.75 Å². The number of nitrogens with zero attached hydrogens (tertiary/aromatic N) is 7. The Morgan fingerprint density at radius 1 is 0.915 bits per heavy atom. The fourth-order valence-electron chi connectivity index (χ4n) is 7.21. The van der Waals surface area contributed by atoms with Gasteiger partial charge >= 0.3 is 5.69 Å². The Morgan fingerprint density at radius 3 is 2.21 bits per heavy atom. The number of ether oxygens (including phenoxy) is 3. The number of anilines is 2. The largest absolute Gasteiger partial charge is 0.491 e. The number of hydrogen-bond acceptors (Lipinski definition) is 8. The molecule has 4 aromatic rings. The van der Waals surface area contributed by atoms with Gasteiger partial charge in [-0.25, -0.2) is 14.0 Å². The maximum atomic E-state index is 12.8. The third-order valence-electron chi connectivity index (χ3n) is 10.2. The highest BCUT2D eigenvalue weighted by Gasteiger charge is 2.48. The first-order valence-corrected chi connectivity index (χ1v) is 17.3. The lowest BCUT2D eigenvalue weighted by Crippen LogP contribution is -2.46. The number of piperazine rings is 1. The first-order valence-electron chi connectivity index (χ1n) is 17.3. The first kappa shape index (κ1) is 31.5. The average Bonchev–Trinajstić information content (AvgIpc) is 3.89. The average molecular weight is 642 g/mol. The molecule has 0 radical (unpaired) electrons. The molecule has 11 heteroatoms. The normalized spacial score (nSPS) is 22.9. The van der Waals surface area contributed by atoms with E-state index in [4.69, 9.17) is 14.2 Å². The molecule has 11 nitrogen and oxygen atoms in total. The molecule has 1 aliphatic carbocycles. The molecule has 2 saturated heterocycles.